The Bertz CT molecular complexity index is 430. The second-order valence-electron chi connectivity index (χ2n) is 3.69. The smallest absolute Gasteiger partial charge is 0.292 e. The van der Waals surface area contributed by atoms with Gasteiger partial charge in [0, 0.05) is 19.2 Å². The van der Waals surface area contributed by atoms with Crippen LogP contribution in [0.3, 0.4) is 0 Å². The standard InChI is InChI=1S/C12H17N3O3/c1-3-14(4-2)12(16)9-13-10-7-5-6-8-11(10)15(17)18/h5-8,13H,3-4,9H2,1-2H3. The molecular formula is C12H17N3O3. The lowest BCUT2D eigenvalue weighted by atomic mass is 10.2. The maximum absolute atomic E-state index is 11.8. The SMILES string of the molecule is CCN(CC)C(=O)CNc1ccccc1[N+](=O)[O-]. The van der Waals surface area contributed by atoms with Crippen molar-refractivity contribution in [1.29, 1.82) is 0 Å². The molecule has 0 unspecified atom stereocenters. The van der Waals surface area contributed by atoms with Crippen molar-refractivity contribution in [3.8, 4) is 0 Å². The van der Waals surface area contributed by atoms with E-state index in [2.05, 4.69) is 5.32 Å². The van der Waals surface area contributed by atoms with Crippen LogP contribution in [-0.4, -0.2) is 35.4 Å². The van der Waals surface area contributed by atoms with Crippen molar-refractivity contribution in [3.05, 3.63) is 34.4 Å². The molecule has 0 aromatic heterocycles. The zero-order chi connectivity index (χ0) is 13.5. The number of rotatable bonds is 6. The molecule has 1 amide bonds. The summed E-state index contributed by atoms with van der Waals surface area (Å²) in [6, 6.07) is 6.28. The minimum Gasteiger partial charge on any atom is -0.371 e. The summed E-state index contributed by atoms with van der Waals surface area (Å²) in [4.78, 5) is 23.7. The van der Waals surface area contributed by atoms with E-state index in [9.17, 15) is 14.9 Å². The fraction of sp³-hybridized carbons (Fsp3) is 0.417. The second kappa shape index (κ2) is 6.58. The molecule has 0 aliphatic heterocycles. The van der Waals surface area contributed by atoms with E-state index in [1.807, 2.05) is 13.8 Å². The van der Waals surface area contributed by atoms with Crippen LogP contribution in [0.1, 0.15) is 13.8 Å². The van der Waals surface area contributed by atoms with E-state index in [-0.39, 0.29) is 18.1 Å². The lowest BCUT2D eigenvalue weighted by Crippen LogP contribution is -2.35. The molecule has 0 aliphatic rings. The normalized spacial score (nSPS) is 9.89. The van der Waals surface area contributed by atoms with Gasteiger partial charge >= 0.3 is 0 Å². The van der Waals surface area contributed by atoms with Gasteiger partial charge in [-0.2, -0.15) is 0 Å². The topological polar surface area (TPSA) is 75.5 Å². The third-order valence-corrected chi connectivity index (χ3v) is 2.65. The van der Waals surface area contributed by atoms with Gasteiger partial charge in [0.25, 0.3) is 5.69 Å². The van der Waals surface area contributed by atoms with E-state index in [0.29, 0.717) is 18.8 Å². The highest BCUT2D eigenvalue weighted by molar-refractivity contribution is 5.81. The van der Waals surface area contributed by atoms with Gasteiger partial charge in [-0.15, -0.1) is 0 Å². The predicted octanol–water partition coefficient (Wildman–Crippen LogP) is 1.88. The van der Waals surface area contributed by atoms with Gasteiger partial charge in [0.2, 0.25) is 5.91 Å². The quantitative estimate of drug-likeness (QED) is 0.618. The van der Waals surface area contributed by atoms with E-state index in [0.717, 1.165) is 0 Å². The molecule has 1 N–H and O–H groups in total. The Hall–Kier alpha value is -2.11. The molecule has 1 aromatic carbocycles. The number of anilines is 1. The van der Waals surface area contributed by atoms with Gasteiger partial charge < -0.3 is 10.2 Å². The molecule has 0 radical (unpaired) electrons. The van der Waals surface area contributed by atoms with Crippen molar-refractivity contribution in [2.45, 2.75) is 13.8 Å². The summed E-state index contributed by atoms with van der Waals surface area (Å²) in [5.41, 5.74) is 0.341. The molecule has 0 heterocycles. The Balaban J connectivity index is 2.69. The number of amides is 1. The first-order valence-electron chi connectivity index (χ1n) is 5.85. The van der Waals surface area contributed by atoms with E-state index in [1.165, 1.54) is 6.07 Å². The van der Waals surface area contributed by atoms with E-state index >= 15 is 0 Å². The summed E-state index contributed by atoms with van der Waals surface area (Å²) >= 11 is 0. The first kappa shape index (κ1) is 14.0. The molecule has 0 atom stereocenters. The van der Waals surface area contributed by atoms with Gasteiger partial charge in [-0.05, 0) is 19.9 Å². The number of hydrogen-bond donors (Lipinski definition) is 1. The summed E-state index contributed by atoms with van der Waals surface area (Å²) in [5, 5.41) is 13.6. The van der Waals surface area contributed by atoms with E-state index in [1.54, 1.807) is 23.1 Å². The average molecular weight is 251 g/mol. The first-order chi connectivity index (χ1) is 8.60. The molecule has 6 nitrogen and oxygen atoms in total. The molecule has 18 heavy (non-hydrogen) atoms. The van der Waals surface area contributed by atoms with Gasteiger partial charge in [-0.3, -0.25) is 14.9 Å². The van der Waals surface area contributed by atoms with Crippen LogP contribution in [0.15, 0.2) is 24.3 Å². The molecule has 0 saturated carbocycles. The summed E-state index contributed by atoms with van der Waals surface area (Å²) in [6.07, 6.45) is 0. The highest BCUT2D eigenvalue weighted by Gasteiger charge is 2.14. The Morgan fingerprint density at radius 1 is 1.33 bits per heavy atom. The maximum atomic E-state index is 11.8. The Morgan fingerprint density at radius 3 is 2.50 bits per heavy atom. The van der Waals surface area contributed by atoms with Crippen molar-refractivity contribution >= 4 is 17.3 Å². The highest BCUT2D eigenvalue weighted by Crippen LogP contribution is 2.22. The summed E-state index contributed by atoms with van der Waals surface area (Å²) in [6.45, 7) is 5.12. The minimum atomic E-state index is -0.468. The zero-order valence-electron chi connectivity index (χ0n) is 10.5. The van der Waals surface area contributed by atoms with Crippen LogP contribution in [0.4, 0.5) is 11.4 Å². The van der Waals surface area contributed by atoms with Crippen molar-refractivity contribution in [2.24, 2.45) is 0 Å². The van der Waals surface area contributed by atoms with Crippen molar-refractivity contribution < 1.29 is 9.72 Å². The molecule has 0 fully saturated rings. The second-order valence-corrected chi connectivity index (χ2v) is 3.69. The largest absolute Gasteiger partial charge is 0.371 e. The fourth-order valence-electron chi connectivity index (χ4n) is 1.64. The zero-order valence-corrected chi connectivity index (χ0v) is 10.5. The lowest BCUT2D eigenvalue weighted by molar-refractivity contribution is -0.383. The first-order valence-corrected chi connectivity index (χ1v) is 5.85. The molecule has 0 bridgehead atoms. The minimum absolute atomic E-state index is 0.0233. The monoisotopic (exact) mass is 251 g/mol. The number of carbonyl (C=O) groups excluding carboxylic acids is 1. The van der Waals surface area contributed by atoms with Gasteiger partial charge in [0.15, 0.2) is 0 Å². The van der Waals surface area contributed by atoms with Gasteiger partial charge in [-0.1, -0.05) is 12.1 Å². The fourth-order valence-corrected chi connectivity index (χ4v) is 1.64. The molecular weight excluding hydrogens is 234 g/mol. The highest BCUT2D eigenvalue weighted by atomic mass is 16.6. The Kier molecular flexibility index (Phi) is 5.10. The van der Waals surface area contributed by atoms with Crippen molar-refractivity contribution in [1.82, 2.24) is 4.90 Å². The molecule has 98 valence electrons. The predicted molar refractivity (Wildman–Crippen MR) is 69.5 cm³/mol. The van der Waals surface area contributed by atoms with Crippen LogP contribution in [0, 0.1) is 10.1 Å². The number of likely N-dealkylation sites (N-methyl/N-ethyl adjacent to an activating group) is 1. The summed E-state index contributed by atoms with van der Waals surface area (Å²) in [7, 11) is 0. The lowest BCUT2D eigenvalue weighted by Gasteiger charge is -2.19. The van der Waals surface area contributed by atoms with Crippen LogP contribution in [0.2, 0.25) is 0 Å². The van der Waals surface area contributed by atoms with Gasteiger partial charge in [0.05, 0.1) is 11.5 Å². The van der Waals surface area contributed by atoms with Crippen LogP contribution >= 0.6 is 0 Å². The number of hydrogen-bond acceptors (Lipinski definition) is 4. The van der Waals surface area contributed by atoms with Gasteiger partial charge in [0.1, 0.15) is 5.69 Å². The molecule has 1 aromatic rings. The van der Waals surface area contributed by atoms with Crippen LogP contribution in [0.5, 0.6) is 0 Å². The summed E-state index contributed by atoms with van der Waals surface area (Å²) < 4.78 is 0. The third kappa shape index (κ3) is 3.44. The number of carbonyl (C=O) groups is 1. The molecule has 6 heteroatoms. The number of nitrogens with one attached hydrogen (secondary N) is 1. The van der Waals surface area contributed by atoms with Crippen LogP contribution in [-0.2, 0) is 4.79 Å². The third-order valence-electron chi connectivity index (χ3n) is 2.65. The molecule has 1 rings (SSSR count). The van der Waals surface area contributed by atoms with Crippen LogP contribution in [0.25, 0.3) is 0 Å². The molecule has 0 saturated heterocycles. The van der Waals surface area contributed by atoms with E-state index < -0.39 is 4.92 Å². The van der Waals surface area contributed by atoms with E-state index in [4.69, 9.17) is 0 Å². The maximum Gasteiger partial charge on any atom is 0.292 e. The number of para-hydroxylation sites is 2. The van der Waals surface area contributed by atoms with Crippen molar-refractivity contribution in [3.63, 3.8) is 0 Å². The van der Waals surface area contributed by atoms with Crippen molar-refractivity contribution in [2.75, 3.05) is 25.0 Å². The van der Waals surface area contributed by atoms with Gasteiger partial charge in [-0.25, -0.2) is 0 Å². The molecule has 0 spiro atoms. The van der Waals surface area contributed by atoms with Crippen LogP contribution < -0.4 is 5.32 Å². The number of nitro benzene ring substituents is 1. The Morgan fingerprint density at radius 2 is 1.94 bits per heavy atom. The summed E-state index contributed by atoms with van der Waals surface area (Å²) in [5.74, 6) is -0.0712. The average Bonchev–Trinajstić information content (AvgIpc) is 2.38. The number of benzene rings is 1. The number of nitrogens with zero attached hydrogens (tertiary/aromatic N) is 2. The Labute approximate surface area is 106 Å². The number of nitro groups is 1. The molecule has 0 aliphatic carbocycles.